The number of aromatic nitrogens is 4. The fraction of sp³-hybridized carbons (Fsp3) is 0.0769. The lowest BCUT2D eigenvalue weighted by atomic mass is 10.2. The van der Waals surface area contributed by atoms with E-state index in [1.165, 1.54) is 6.33 Å². The van der Waals surface area contributed by atoms with Gasteiger partial charge in [0.15, 0.2) is 0 Å². The van der Waals surface area contributed by atoms with Gasteiger partial charge in [-0.25, -0.2) is 14.6 Å². The SMILES string of the molecule is N#Cc1ncn(Cc2coc(-c3ccccc3)n2)n1. The van der Waals surface area contributed by atoms with Gasteiger partial charge in [-0.1, -0.05) is 18.2 Å². The van der Waals surface area contributed by atoms with Crippen LogP contribution < -0.4 is 0 Å². The highest BCUT2D eigenvalue weighted by Crippen LogP contribution is 2.18. The summed E-state index contributed by atoms with van der Waals surface area (Å²) in [5, 5.41) is 12.6. The molecular weight excluding hydrogens is 242 g/mol. The monoisotopic (exact) mass is 251 g/mol. The van der Waals surface area contributed by atoms with Crippen LogP contribution in [0.1, 0.15) is 11.5 Å². The standard InChI is InChI=1S/C13H9N5O/c14-6-12-15-9-18(17-12)7-11-8-19-13(16-11)10-4-2-1-3-5-10/h1-5,8-9H,7H2. The van der Waals surface area contributed by atoms with Crippen molar-refractivity contribution in [2.24, 2.45) is 0 Å². The highest BCUT2D eigenvalue weighted by molar-refractivity contribution is 5.52. The first-order valence-electron chi connectivity index (χ1n) is 5.64. The van der Waals surface area contributed by atoms with Gasteiger partial charge in [0.2, 0.25) is 5.89 Å². The lowest BCUT2D eigenvalue weighted by Gasteiger charge is -1.94. The third-order valence-electron chi connectivity index (χ3n) is 2.53. The molecule has 0 spiro atoms. The molecule has 1 aromatic carbocycles. The summed E-state index contributed by atoms with van der Waals surface area (Å²) >= 11 is 0. The Hall–Kier alpha value is -2.94. The maximum absolute atomic E-state index is 8.65. The number of oxazole rings is 1. The minimum Gasteiger partial charge on any atom is -0.444 e. The van der Waals surface area contributed by atoms with Gasteiger partial charge in [0.05, 0.1) is 6.54 Å². The largest absolute Gasteiger partial charge is 0.444 e. The van der Waals surface area contributed by atoms with Crippen LogP contribution in [0.2, 0.25) is 0 Å². The quantitative estimate of drug-likeness (QED) is 0.709. The van der Waals surface area contributed by atoms with Crippen molar-refractivity contribution >= 4 is 0 Å². The molecule has 0 bridgehead atoms. The Morgan fingerprint density at radius 3 is 2.84 bits per heavy atom. The third-order valence-corrected chi connectivity index (χ3v) is 2.53. The number of hydrogen-bond acceptors (Lipinski definition) is 5. The van der Waals surface area contributed by atoms with Crippen LogP contribution in [-0.2, 0) is 6.54 Å². The van der Waals surface area contributed by atoms with E-state index in [2.05, 4.69) is 15.1 Å². The van der Waals surface area contributed by atoms with Crippen molar-refractivity contribution in [2.45, 2.75) is 6.54 Å². The van der Waals surface area contributed by atoms with E-state index in [1.807, 2.05) is 36.4 Å². The van der Waals surface area contributed by atoms with E-state index < -0.39 is 0 Å². The Morgan fingerprint density at radius 2 is 2.11 bits per heavy atom. The number of hydrogen-bond donors (Lipinski definition) is 0. The Morgan fingerprint density at radius 1 is 1.26 bits per heavy atom. The predicted octanol–water partition coefficient (Wildman–Crippen LogP) is 1.85. The minimum atomic E-state index is 0.145. The summed E-state index contributed by atoms with van der Waals surface area (Å²) in [5.41, 5.74) is 1.65. The molecule has 2 aromatic heterocycles. The van der Waals surface area contributed by atoms with Crippen LogP contribution in [0.4, 0.5) is 0 Å². The van der Waals surface area contributed by atoms with Gasteiger partial charge in [0.25, 0.3) is 5.82 Å². The first-order chi connectivity index (χ1) is 9.35. The Kier molecular flexibility index (Phi) is 2.79. The Bertz CT molecular complexity index is 723. The lowest BCUT2D eigenvalue weighted by molar-refractivity contribution is 0.569. The van der Waals surface area contributed by atoms with Gasteiger partial charge in [-0.2, -0.15) is 5.26 Å². The van der Waals surface area contributed by atoms with Crippen molar-refractivity contribution in [1.82, 2.24) is 19.7 Å². The lowest BCUT2D eigenvalue weighted by Crippen LogP contribution is -2.00. The van der Waals surface area contributed by atoms with Crippen LogP contribution >= 0.6 is 0 Å². The van der Waals surface area contributed by atoms with Crippen molar-refractivity contribution in [3.05, 3.63) is 54.4 Å². The predicted molar refractivity (Wildman–Crippen MR) is 65.8 cm³/mol. The van der Waals surface area contributed by atoms with Crippen molar-refractivity contribution in [3.63, 3.8) is 0 Å². The van der Waals surface area contributed by atoms with E-state index in [0.717, 1.165) is 11.3 Å². The molecule has 0 atom stereocenters. The highest BCUT2D eigenvalue weighted by atomic mass is 16.3. The summed E-state index contributed by atoms with van der Waals surface area (Å²) in [6.07, 6.45) is 3.07. The fourth-order valence-corrected chi connectivity index (χ4v) is 1.68. The molecule has 0 amide bonds. The molecule has 0 aliphatic rings. The van der Waals surface area contributed by atoms with Gasteiger partial charge in [0, 0.05) is 5.56 Å². The molecule has 0 N–H and O–H groups in total. The fourth-order valence-electron chi connectivity index (χ4n) is 1.68. The Balaban J connectivity index is 1.80. The van der Waals surface area contributed by atoms with Gasteiger partial charge < -0.3 is 4.42 Å². The number of rotatable bonds is 3. The second-order valence-electron chi connectivity index (χ2n) is 3.89. The van der Waals surface area contributed by atoms with E-state index in [9.17, 15) is 0 Å². The van der Waals surface area contributed by atoms with Gasteiger partial charge >= 0.3 is 0 Å². The van der Waals surface area contributed by atoms with Crippen molar-refractivity contribution in [2.75, 3.05) is 0 Å². The van der Waals surface area contributed by atoms with E-state index in [-0.39, 0.29) is 5.82 Å². The molecule has 6 heteroatoms. The van der Waals surface area contributed by atoms with Crippen LogP contribution in [0.5, 0.6) is 0 Å². The van der Waals surface area contributed by atoms with E-state index in [0.29, 0.717) is 12.4 Å². The van der Waals surface area contributed by atoms with Gasteiger partial charge in [-0.3, -0.25) is 0 Å². The molecule has 0 fully saturated rings. The molecule has 0 saturated carbocycles. The normalized spacial score (nSPS) is 10.3. The minimum absolute atomic E-state index is 0.145. The molecule has 0 unspecified atom stereocenters. The summed E-state index contributed by atoms with van der Waals surface area (Å²) in [4.78, 5) is 8.20. The molecule has 0 aliphatic carbocycles. The van der Waals surface area contributed by atoms with E-state index >= 15 is 0 Å². The van der Waals surface area contributed by atoms with Gasteiger partial charge in [-0.15, -0.1) is 5.10 Å². The molecule has 6 nitrogen and oxygen atoms in total. The molecule has 3 rings (SSSR count). The number of nitriles is 1. The molecule has 3 aromatic rings. The number of nitrogens with zero attached hydrogens (tertiary/aromatic N) is 5. The molecule has 0 saturated heterocycles. The molecule has 2 heterocycles. The van der Waals surface area contributed by atoms with E-state index in [4.69, 9.17) is 9.68 Å². The maximum atomic E-state index is 8.65. The smallest absolute Gasteiger partial charge is 0.252 e. The van der Waals surface area contributed by atoms with Gasteiger partial charge in [0.1, 0.15) is 24.4 Å². The zero-order chi connectivity index (χ0) is 13.1. The highest BCUT2D eigenvalue weighted by Gasteiger charge is 2.07. The zero-order valence-corrected chi connectivity index (χ0v) is 9.89. The summed E-state index contributed by atoms with van der Waals surface area (Å²) in [5.74, 6) is 0.711. The van der Waals surface area contributed by atoms with Crippen LogP contribution in [0.3, 0.4) is 0 Å². The van der Waals surface area contributed by atoms with Crippen LogP contribution in [-0.4, -0.2) is 19.7 Å². The van der Waals surface area contributed by atoms with Crippen LogP contribution in [0.15, 0.2) is 47.3 Å². The number of benzene rings is 1. The first kappa shape index (κ1) is 11.2. The zero-order valence-electron chi connectivity index (χ0n) is 9.89. The topological polar surface area (TPSA) is 80.5 Å². The van der Waals surface area contributed by atoms with Crippen LogP contribution in [0, 0.1) is 11.3 Å². The summed E-state index contributed by atoms with van der Waals surface area (Å²) in [6.45, 7) is 0.422. The third kappa shape index (κ3) is 2.35. The summed E-state index contributed by atoms with van der Waals surface area (Å²) in [7, 11) is 0. The van der Waals surface area contributed by atoms with Crippen LogP contribution in [0.25, 0.3) is 11.5 Å². The summed E-state index contributed by atoms with van der Waals surface area (Å²) in [6, 6.07) is 11.5. The summed E-state index contributed by atoms with van der Waals surface area (Å²) < 4.78 is 6.97. The van der Waals surface area contributed by atoms with Crippen molar-refractivity contribution in [1.29, 1.82) is 5.26 Å². The molecule has 19 heavy (non-hydrogen) atoms. The van der Waals surface area contributed by atoms with Crippen molar-refractivity contribution in [3.8, 4) is 17.5 Å². The molecular formula is C13H9N5O. The second kappa shape index (κ2) is 4.74. The first-order valence-corrected chi connectivity index (χ1v) is 5.64. The Labute approximate surface area is 109 Å². The van der Waals surface area contributed by atoms with Crippen molar-refractivity contribution < 1.29 is 4.42 Å². The van der Waals surface area contributed by atoms with Gasteiger partial charge in [-0.05, 0) is 12.1 Å². The average Bonchev–Trinajstić information content (AvgIpc) is 3.09. The average molecular weight is 251 g/mol. The second-order valence-corrected chi connectivity index (χ2v) is 3.89. The molecule has 0 aliphatic heterocycles. The maximum Gasteiger partial charge on any atom is 0.252 e. The van der Waals surface area contributed by atoms with E-state index in [1.54, 1.807) is 10.9 Å². The molecule has 0 radical (unpaired) electrons. The molecule has 92 valence electrons.